The van der Waals surface area contributed by atoms with E-state index in [1.54, 1.807) is 6.92 Å². The number of carbonyl (C=O) groups is 2. The fourth-order valence-corrected chi connectivity index (χ4v) is 3.46. The quantitative estimate of drug-likeness (QED) is 0.868. The molecule has 0 unspecified atom stereocenters. The van der Waals surface area contributed by atoms with E-state index in [4.69, 9.17) is 0 Å². The van der Waals surface area contributed by atoms with Crippen molar-refractivity contribution in [1.29, 1.82) is 0 Å². The molecule has 1 saturated carbocycles. The summed E-state index contributed by atoms with van der Waals surface area (Å²) in [5.41, 5.74) is -0.0815. The van der Waals surface area contributed by atoms with Crippen molar-refractivity contribution in [2.75, 3.05) is 6.54 Å². The summed E-state index contributed by atoms with van der Waals surface area (Å²) in [5, 5.41) is 2.87. The molecule has 21 heavy (non-hydrogen) atoms. The smallest absolute Gasteiger partial charge is 0.319 e. The number of carbonyl (C=O) groups excluding carboxylic acids is 2. The summed E-state index contributed by atoms with van der Waals surface area (Å²) < 4.78 is 0. The van der Waals surface area contributed by atoms with Crippen molar-refractivity contribution < 1.29 is 9.59 Å². The first kappa shape index (κ1) is 14.1. The first-order valence-electron chi connectivity index (χ1n) is 7.81. The fraction of sp³-hybridized carbons (Fsp3) is 0.529. The highest BCUT2D eigenvalue weighted by molar-refractivity contribution is 6.07. The summed E-state index contributed by atoms with van der Waals surface area (Å²) in [4.78, 5) is 26.4. The molecule has 3 rings (SSSR count). The highest BCUT2D eigenvalue weighted by Crippen LogP contribution is 2.31. The maximum absolute atomic E-state index is 12.8. The third-order valence-corrected chi connectivity index (χ3v) is 4.79. The molecule has 0 spiro atoms. The average Bonchev–Trinajstić information content (AvgIpc) is 2.74. The average molecular weight is 286 g/mol. The van der Waals surface area contributed by atoms with E-state index < -0.39 is 5.54 Å². The molecular weight excluding hydrogens is 264 g/mol. The number of nitrogens with one attached hydrogen (secondary N) is 1. The number of imide groups is 1. The number of hydrogen-bond donors (Lipinski definition) is 1. The molecule has 1 saturated heterocycles. The Balaban J connectivity index is 1.78. The molecule has 1 atom stereocenters. The lowest BCUT2D eigenvalue weighted by molar-refractivity contribution is -0.131. The van der Waals surface area contributed by atoms with Crippen LogP contribution >= 0.6 is 0 Å². The Morgan fingerprint density at radius 2 is 1.81 bits per heavy atom. The van der Waals surface area contributed by atoms with Gasteiger partial charge in [0, 0.05) is 6.54 Å². The van der Waals surface area contributed by atoms with Gasteiger partial charge in [-0.3, -0.25) is 9.69 Å². The fourth-order valence-electron chi connectivity index (χ4n) is 3.46. The van der Waals surface area contributed by atoms with E-state index in [2.05, 4.69) is 5.32 Å². The third-order valence-electron chi connectivity index (χ3n) is 4.79. The monoisotopic (exact) mass is 286 g/mol. The molecule has 4 heteroatoms. The summed E-state index contributed by atoms with van der Waals surface area (Å²) in [5.74, 6) is 0.343. The van der Waals surface area contributed by atoms with Crippen LogP contribution in [0.3, 0.4) is 0 Å². The maximum Gasteiger partial charge on any atom is 0.325 e. The lowest BCUT2D eigenvalue weighted by Gasteiger charge is -2.26. The van der Waals surface area contributed by atoms with Crippen molar-refractivity contribution >= 4 is 11.9 Å². The van der Waals surface area contributed by atoms with E-state index in [1.807, 2.05) is 30.3 Å². The van der Waals surface area contributed by atoms with Gasteiger partial charge in [-0.25, -0.2) is 4.79 Å². The number of nitrogens with zero attached hydrogens (tertiary/aromatic N) is 1. The first-order chi connectivity index (χ1) is 10.1. The largest absolute Gasteiger partial charge is 0.325 e. The third kappa shape index (κ3) is 2.55. The van der Waals surface area contributed by atoms with Gasteiger partial charge in [0.05, 0.1) is 0 Å². The zero-order chi connectivity index (χ0) is 14.9. The van der Waals surface area contributed by atoms with Crippen LogP contribution in [0.25, 0.3) is 0 Å². The highest BCUT2D eigenvalue weighted by Gasteiger charge is 2.49. The molecule has 2 fully saturated rings. The van der Waals surface area contributed by atoms with E-state index >= 15 is 0 Å². The van der Waals surface area contributed by atoms with Crippen molar-refractivity contribution in [2.24, 2.45) is 5.92 Å². The molecule has 1 aromatic rings. The number of rotatable bonds is 3. The van der Waals surface area contributed by atoms with Gasteiger partial charge in [0.15, 0.2) is 0 Å². The number of urea groups is 1. The molecule has 1 N–H and O–H groups in total. The van der Waals surface area contributed by atoms with Crippen LogP contribution in [0.2, 0.25) is 0 Å². The van der Waals surface area contributed by atoms with Crippen LogP contribution in [-0.2, 0) is 10.3 Å². The van der Waals surface area contributed by atoms with Crippen molar-refractivity contribution in [3.63, 3.8) is 0 Å². The van der Waals surface area contributed by atoms with Crippen molar-refractivity contribution in [3.05, 3.63) is 35.9 Å². The normalized spacial score (nSPS) is 27.0. The van der Waals surface area contributed by atoms with Gasteiger partial charge in [0.2, 0.25) is 0 Å². The predicted octanol–water partition coefficient (Wildman–Crippen LogP) is 3.03. The summed E-state index contributed by atoms with van der Waals surface area (Å²) >= 11 is 0. The molecule has 4 nitrogen and oxygen atoms in total. The van der Waals surface area contributed by atoms with Crippen molar-refractivity contribution in [2.45, 2.75) is 44.6 Å². The van der Waals surface area contributed by atoms with E-state index in [-0.39, 0.29) is 11.9 Å². The molecule has 1 aromatic carbocycles. The molecular formula is C17H22N2O2. The van der Waals surface area contributed by atoms with Crippen molar-refractivity contribution in [3.8, 4) is 0 Å². The van der Waals surface area contributed by atoms with Gasteiger partial charge < -0.3 is 5.32 Å². The van der Waals surface area contributed by atoms with Crippen LogP contribution in [0.4, 0.5) is 4.79 Å². The van der Waals surface area contributed by atoms with Gasteiger partial charge in [-0.2, -0.15) is 0 Å². The molecule has 2 aliphatic rings. The van der Waals surface area contributed by atoms with Gasteiger partial charge in [-0.1, -0.05) is 49.6 Å². The summed E-state index contributed by atoms with van der Waals surface area (Å²) in [7, 11) is 0. The lowest BCUT2D eigenvalue weighted by atomic mass is 9.88. The van der Waals surface area contributed by atoms with Crippen LogP contribution < -0.4 is 5.32 Å². The summed E-state index contributed by atoms with van der Waals surface area (Å²) in [6.07, 6.45) is 5.95. The Labute approximate surface area is 125 Å². The Morgan fingerprint density at radius 1 is 1.14 bits per heavy atom. The zero-order valence-electron chi connectivity index (χ0n) is 12.5. The summed E-state index contributed by atoms with van der Waals surface area (Å²) in [6.45, 7) is 2.36. The molecule has 0 bridgehead atoms. The number of hydrogen-bond acceptors (Lipinski definition) is 2. The van der Waals surface area contributed by atoms with E-state index in [0.29, 0.717) is 12.5 Å². The molecule has 0 radical (unpaired) electrons. The number of amides is 3. The predicted molar refractivity (Wildman–Crippen MR) is 80.6 cm³/mol. The zero-order valence-corrected chi connectivity index (χ0v) is 12.5. The van der Waals surface area contributed by atoms with E-state index in [0.717, 1.165) is 18.4 Å². The van der Waals surface area contributed by atoms with Gasteiger partial charge in [-0.15, -0.1) is 0 Å². The Hall–Kier alpha value is -1.84. The first-order valence-corrected chi connectivity index (χ1v) is 7.81. The second-order valence-corrected chi connectivity index (χ2v) is 6.34. The van der Waals surface area contributed by atoms with Gasteiger partial charge in [0.25, 0.3) is 5.91 Å². The highest BCUT2D eigenvalue weighted by atomic mass is 16.2. The Kier molecular flexibility index (Phi) is 3.70. The molecule has 1 heterocycles. The van der Waals surface area contributed by atoms with E-state index in [9.17, 15) is 9.59 Å². The van der Waals surface area contributed by atoms with Gasteiger partial charge in [0.1, 0.15) is 5.54 Å². The van der Waals surface area contributed by atoms with Gasteiger partial charge >= 0.3 is 6.03 Å². The molecule has 0 aromatic heterocycles. The van der Waals surface area contributed by atoms with Gasteiger partial charge in [-0.05, 0) is 31.2 Å². The van der Waals surface area contributed by atoms with Crippen LogP contribution in [0.15, 0.2) is 30.3 Å². The SMILES string of the molecule is C[C@@]1(c2ccccc2)NC(=O)N(CC2CCCCC2)C1=O. The van der Waals surface area contributed by atoms with Crippen LogP contribution in [0, 0.1) is 5.92 Å². The Morgan fingerprint density at radius 3 is 2.48 bits per heavy atom. The second-order valence-electron chi connectivity index (χ2n) is 6.34. The standard InChI is InChI=1S/C17H22N2O2/c1-17(14-10-6-3-7-11-14)15(20)19(16(21)18-17)12-13-8-4-2-5-9-13/h3,6-7,10-11,13H,2,4-5,8-9,12H2,1H3,(H,18,21)/t17-/m0/s1. The molecule has 3 amide bonds. The molecule has 1 aliphatic heterocycles. The lowest BCUT2D eigenvalue weighted by Crippen LogP contribution is -2.41. The topological polar surface area (TPSA) is 49.4 Å². The van der Waals surface area contributed by atoms with Crippen LogP contribution in [0.5, 0.6) is 0 Å². The minimum Gasteiger partial charge on any atom is -0.319 e. The molecule has 1 aliphatic carbocycles. The summed E-state index contributed by atoms with van der Waals surface area (Å²) in [6, 6.07) is 9.23. The van der Waals surface area contributed by atoms with E-state index in [1.165, 1.54) is 24.2 Å². The minimum atomic E-state index is -0.924. The van der Waals surface area contributed by atoms with Crippen LogP contribution in [0.1, 0.15) is 44.6 Å². The second kappa shape index (κ2) is 5.51. The maximum atomic E-state index is 12.8. The van der Waals surface area contributed by atoms with Crippen molar-refractivity contribution in [1.82, 2.24) is 10.2 Å². The molecule has 112 valence electrons. The minimum absolute atomic E-state index is 0.121. The number of benzene rings is 1. The Bertz CT molecular complexity index is 537. The van der Waals surface area contributed by atoms with Crippen LogP contribution in [-0.4, -0.2) is 23.4 Å².